The van der Waals surface area contributed by atoms with Gasteiger partial charge in [0.15, 0.2) is 0 Å². The van der Waals surface area contributed by atoms with Crippen LogP contribution in [0.2, 0.25) is 0 Å². The van der Waals surface area contributed by atoms with Crippen molar-refractivity contribution in [2.45, 2.75) is 6.92 Å². The lowest BCUT2D eigenvalue weighted by Gasteiger charge is -2.10. The topological polar surface area (TPSA) is 55.1 Å². The largest absolute Gasteiger partial charge is 0.397 e. The third-order valence-electron chi connectivity index (χ3n) is 2.69. The maximum absolute atomic E-state index is 13.7. The summed E-state index contributed by atoms with van der Waals surface area (Å²) in [7, 11) is 0. The number of nitrogen functional groups attached to an aromatic ring is 1. The molecule has 0 aromatic heterocycles. The molecule has 0 atom stereocenters. The number of aryl methyl sites for hydroxylation is 1. The van der Waals surface area contributed by atoms with Crippen molar-refractivity contribution < 1.29 is 13.6 Å². The zero-order valence-electron chi connectivity index (χ0n) is 10.5. The fraction of sp³-hybridized carbons (Fsp3) is 0.0714. The minimum Gasteiger partial charge on any atom is -0.397 e. The van der Waals surface area contributed by atoms with Gasteiger partial charge in [0, 0.05) is 4.47 Å². The third kappa shape index (κ3) is 2.96. The van der Waals surface area contributed by atoms with Crippen molar-refractivity contribution in [3.63, 3.8) is 0 Å². The van der Waals surface area contributed by atoms with Gasteiger partial charge in [-0.2, -0.15) is 0 Å². The molecule has 0 aliphatic carbocycles. The number of amides is 1. The Bertz CT molecular complexity index is 666. The summed E-state index contributed by atoms with van der Waals surface area (Å²) in [5, 5.41) is 2.40. The van der Waals surface area contributed by atoms with Crippen molar-refractivity contribution in [3.05, 3.63) is 57.6 Å². The van der Waals surface area contributed by atoms with Crippen molar-refractivity contribution in [2.75, 3.05) is 11.1 Å². The number of rotatable bonds is 2. The molecule has 20 heavy (non-hydrogen) atoms. The van der Waals surface area contributed by atoms with E-state index in [4.69, 9.17) is 5.73 Å². The van der Waals surface area contributed by atoms with Gasteiger partial charge in [-0.05, 0) is 36.8 Å². The molecule has 0 aliphatic heterocycles. The lowest BCUT2D eigenvalue weighted by Crippen LogP contribution is -2.17. The van der Waals surface area contributed by atoms with Crippen LogP contribution in [0.25, 0.3) is 0 Å². The first kappa shape index (κ1) is 14.5. The van der Waals surface area contributed by atoms with E-state index >= 15 is 0 Å². The number of hydrogen-bond acceptors (Lipinski definition) is 2. The smallest absolute Gasteiger partial charge is 0.261 e. The van der Waals surface area contributed by atoms with Crippen LogP contribution in [-0.2, 0) is 0 Å². The van der Waals surface area contributed by atoms with Gasteiger partial charge in [0.1, 0.15) is 17.2 Å². The SMILES string of the molecule is Cc1ccc(NC(=O)c2c(F)cc(Br)cc2F)c(N)c1. The molecule has 0 spiro atoms. The number of hydrogen-bond donors (Lipinski definition) is 2. The van der Waals surface area contributed by atoms with E-state index in [2.05, 4.69) is 21.2 Å². The predicted octanol–water partition coefficient (Wildman–Crippen LogP) is 3.87. The minimum atomic E-state index is -0.944. The first-order valence-corrected chi connectivity index (χ1v) is 6.50. The lowest BCUT2D eigenvalue weighted by atomic mass is 10.1. The number of halogens is 3. The summed E-state index contributed by atoms with van der Waals surface area (Å²) in [6.45, 7) is 1.84. The van der Waals surface area contributed by atoms with Gasteiger partial charge in [-0.3, -0.25) is 4.79 Å². The molecule has 1 amide bonds. The van der Waals surface area contributed by atoms with E-state index in [9.17, 15) is 13.6 Å². The van der Waals surface area contributed by atoms with E-state index in [0.717, 1.165) is 17.7 Å². The Morgan fingerprint density at radius 1 is 1.20 bits per heavy atom. The molecule has 0 unspecified atom stereocenters. The van der Waals surface area contributed by atoms with Crippen LogP contribution in [0.5, 0.6) is 0 Å². The molecular formula is C14H11BrF2N2O. The summed E-state index contributed by atoms with van der Waals surface area (Å²) in [5.74, 6) is -2.77. The molecule has 6 heteroatoms. The van der Waals surface area contributed by atoms with Crippen LogP contribution in [-0.4, -0.2) is 5.91 Å². The molecule has 0 fully saturated rings. The number of anilines is 2. The minimum absolute atomic E-state index is 0.221. The van der Waals surface area contributed by atoms with Crippen LogP contribution in [0.4, 0.5) is 20.2 Å². The van der Waals surface area contributed by atoms with Crippen molar-refractivity contribution in [3.8, 4) is 0 Å². The molecule has 0 bridgehead atoms. The van der Waals surface area contributed by atoms with E-state index in [1.807, 2.05) is 6.92 Å². The summed E-state index contributed by atoms with van der Waals surface area (Å²) in [5.41, 5.74) is 6.65. The molecule has 0 saturated carbocycles. The molecular weight excluding hydrogens is 330 g/mol. The van der Waals surface area contributed by atoms with Crippen molar-refractivity contribution in [1.29, 1.82) is 0 Å². The van der Waals surface area contributed by atoms with E-state index in [0.29, 0.717) is 11.4 Å². The maximum Gasteiger partial charge on any atom is 0.261 e. The first-order chi connectivity index (χ1) is 9.38. The Kier molecular flexibility index (Phi) is 4.04. The second-order valence-electron chi connectivity index (χ2n) is 4.29. The Balaban J connectivity index is 2.33. The summed E-state index contributed by atoms with van der Waals surface area (Å²) >= 11 is 2.95. The molecule has 2 rings (SSSR count). The van der Waals surface area contributed by atoms with Gasteiger partial charge in [-0.25, -0.2) is 8.78 Å². The maximum atomic E-state index is 13.7. The molecule has 2 aromatic carbocycles. The fourth-order valence-electron chi connectivity index (χ4n) is 1.74. The molecule has 3 N–H and O–H groups in total. The van der Waals surface area contributed by atoms with Crippen molar-refractivity contribution in [1.82, 2.24) is 0 Å². The Labute approximate surface area is 122 Å². The highest BCUT2D eigenvalue weighted by molar-refractivity contribution is 9.10. The van der Waals surface area contributed by atoms with Crippen LogP contribution in [0, 0.1) is 18.6 Å². The molecule has 3 nitrogen and oxygen atoms in total. The zero-order valence-corrected chi connectivity index (χ0v) is 12.1. The molecule has 0 saturated heterocycles. The van der Waals surface area contributed by atoms with Crippen molar-refractivity contribution >= 4 is 33.2 Å². The van der Waals surface area contributed by atoms with Crippen LogP contribution in [0.1, 0.15) is 15.9 Å². The third-order valence-corrected chi connectivity index (χ3v) is 3.15. The van der Waals surface area contributed by atoms with Crippen molar-refractivity contribution in [2.24, 2.45) is 0 Å². The predicted molar refractivity (Wildman–Crippen MR) is 77.6 cm³/mol. The molecule has 104 valence electrons. The normalized spacial score (nSPS) is 10.4. The highest BCUT2D eigenvalue weighted by Gasteiger charge is 2.19. The van der Waals surface area contributed by atoms with Crippen LogP contribution >= 0.6 is 15.9 Å². The molecule has 0 heterocycles. The molecule has 2 aromatic rings. The van der Waals surface area contributed by atoms with Gasteiger partial charge < -0.3 is 11.1 Å². The van der Waals surface area contributed by atoms with E-state index < -0.39 is 23.1 Å². The van der Waals surface area contributed by atoms with Gasteiger partial charge in [-0.1, -0.05) is 22.0 Å². The lowest BCUT2D eigenvalue weighted by molar-refractivity contribution is 0.101. The first-order valence-electron chi connectivity index (χ1n) is 5.70. The van der Waals surface area contributed by atoms with E-state index in [1.165, 1.54) is 0 Å². The second-order valence-corrected chi connectivity index (χ2v) is 5.20. The highest BCUT2D eigenvalue weighted by Crippen LogP contribution is 2.23. The summed E-state index contributed by atoms with van der Waals surface area (Å²) in [6, 6.07) is 7.02. The van der Waals surface area contributed by atoms with Crippen LogP contribution in [0.3, 0.4) is 0 Å². The van der Waals surface area contributed by atoms with Gasteiger partial charge in [0.2, 0.25) is 0 Å². The average molecular weight is 341 g/mol. The quantitative estimate of drug-likeness (QED) is 0.815. The molecule has 0 aliphatic rings. The second kappa shape index (κ2) is 5.58. The van der Waals surface area contributed by atoms with E-state index in [-0.39, 0.29) is 4.47 Å². The monoisotopic (exact) mass is 340 g/mol. The Morgan fingerprint density at radius 3 is 2.35 bits per heavy atom. The van der Waals surface area contributed by atoms with Gasteiger partial charge in [-0.15, -0.1) is 0 Å². The number of nitrogens with two attached hydrogens (primary N) is 1. The number of carbonyl (C=O) groups excluding carboxylic acids is 1. The standard InChI is InChI=1S/C14H11BrF2N2O/c1-7-2-3-12(11(18)4-7)19-14(20)13-9(16)5-8(15)6-10(13)17/h2-6H,18H2,1H3,(H,19,20). The summed E-state index contributed by atoms with van der Waals surface area (Å²) in [4.78, 5) is 11.9. The zero-order chi connectivity index (χ0) is 14.9. The number of carbonyl (C=O) groups is 1. The van der Waals surface area contributed by atoms with Crippen LogP contribution in [0.15, 0.2) is 34.8 Å². The van der Waals surface area contributed by atoms with E-state index in [1.54, 1.807) is 18.2 Å². The molecule has 0 radical (unpaired) electrons. The average Bonchev–Trinajstić information content (AvgIpc) is 2.31. The van der Waals surface area contributed by atoms with Gasteiger partial charge in [0.25, 0.3) is 5.91 Å². The number of benzene rings is 2. The fourth-order valence-corrected chi connectivity index (χ4v) is 2.14. The Morgan fingerprint density at radius 2 is 1.80 bits per heavy atom. The van der Waals surface area contributed by atoms with Gasteiger partial charge >= 0.3 is 0 Å². The Hall–Kier alpha value is -1.95. The summed E-state index contributed by atoms with van der Waals surface area (Å²) < 4.78 is 27.6. The highest BCUT2D eigenvalue weighted by atomic mass is 79.9. The van der Waals surface area contributed by atoms with Crippen LogP contribution < -0.4 is 11.1 Å². The summed E-state index contributed by atoms with van der Waals surface area (Å²) in [6.07, 6.45) is 0. The number of nitrogens with one attached hydrogen (secondary N) is 1. The van der Waals surface area contributed by atoms with Gasteiger partial charge in [0.05, 0.1) is 11.4 Å².